The maximum atomic E-state index is 13.3. The Morgan fingerprint density at radius 1 is 0.943 bits per heavy atom. The van der Waals surface area contributed by atoms with Crippen molar-refractivity contribution in [3.05, 3.63) is 59.7 Å². The molecule has 3 aliphatic carbocycles. The average Bonchev–Trinajstić information content (AvgIpc) is 3.47. The first-order chi connectivity index (χ1) is 17.0. The molecule has 0 bridgehead atoms. The molecule has 2 fully saturated rings. The highest BCUT2D eigenvalue weighted by Gasteiger charge is 2.38. The summed E-state index contributed by atoms with van der Waals surface area (Å²) in [6.45, 7) is 1.07. The maximum Gasteiger partial charge on any atom is 0.407 e. The van der Waals surface area contributed by atoms with Gasteiger partial charge in [0.05, 0.1) is 12.3 Å². The summed E-state index contributed by atoms with van der Waals surface area (Å²) in [4.78, 5) is 38.9. The molecule has 2 unspecified atom stereocenters. The SMILES string of the molecule is O=C(O)CCN(CC1CC1)C(=O)C1CCCC1NC(=O)OCC1c2ccccc2-c2ccccc21. The van der Waals surface area contributed by atoms with E-state index in [2.05, 4.69) is 29.6 Å². The largest absolute Gasteiger partial charge is 0.481 e. The van der Waals surface area contributed by atoms with Crippen LogP contribution in [0.15, 0.2) is 48.5 Å². The zero-order valence-corrected chi connectivity index (χ0v) is 19.8. The number of ether oxygens (including phenoxy) is 1. The number of hydrogen-bond acceptors (Lipinski definition) is 4. The van der Waals surface area contributed by atoms with Crippen LogP contribution in [-0.2, 0) is 14.3 Å². The Kier molecular flexibility index (Phi) is 6.75. The van der Waals surface area contributed by atoms with E-state index in [4.69, 9.17) is 9.84 Å². The van der Waals surface area contributed by atoms with Gasteiger partial charge in [-0.25, -0.2) is 4.79 Å². The second-order valence-electron chi connectivity index (χ2n) is 9.99. The summed E-state index contributed by atoms with van der Waals surface area (Å²) < 4.78 is 5.69. The number of alkyl carbamates (subject to hydrolysis) is 1. The fourth-order valence-corrected chi connectivity index (χ4v) is 5.59. The normalized spacial score (nSPS) is 20.7. The van der Waals surface area contributed by atoms with Crippen LogP contribution in [0.3, 0.4) is 0 Å². The smallest absolute Gasteiger partial charge is 0.407 e. The minimum Gasteiger partial charge on any atom is -0.481 e. The molecule has 0 aromatic heterocycles. The Morgan fingerprint density at radius 2 is 1.60 bits per heavy atom. The summed E-state index contributed by atoms with van der Waals surface area (Å²) in [7, 11) is 0. The first kappa shape index (κ1) is 23.4. The van der Waals surface area contributed by atoms with Crippen LogP contribution in [0.25, 0.3) is 11.1 Å². The van der Waals surface area contributed by atoms with E-state index in [0.29, 0.717) is 18.9 Å². The van der Waals surface area contributed by atoms with Crippen molar-refractivity contribution in [2.24, 2.45) is 11.8 Å². The molecule has 7 heteroatoms. The van der Waals surface area contributed by atoms with Crippen molar-refractivity contribution in [3.63, 3.8) is 0 Å². The predicted molar refractivity (Wildman–Crippen MR) is 131 cm³/mol. The number of fused-ring (bicyclic) bond motifs is 3. The monoisotopic (exact) mass is 476 g/mol. The van der Waals surface area contributed by atoms with Gasteiger partial charge >= 0.3 is 12.1 Å². The number of carboxylic acid groups (broad SMARTS) is 1. The summed E-state index contributed by atoms with van der Waals surface area (Å²) in [5.41, 5.74) is 4.67. The molecule has 184 valence electrons. The van der Waals surface area contributed by atoms with Crippen LogP contribution >= 0.6 is 0 Å². The molecule has 5 rings (SSSR count). The van der Waals surface area contributed by atoms with Gasteiger partial charge in [0.1, 0.15) is 6.61 Å². The molecule has 2 amide bonds. The van der Waals surface area contributed by atoms with Gasteiger partial charge in [-0.3, -0.25) is 9.59 Å². The summed E-state index contributed by atoms with van der Waals surface area (Å²) >= 11 is 0. The molecule has 2 aromatic carbocycles. The lowest BCUT2D eigenvalue weighted by Gasteiger charge is -2.28. The van der Waals surface area contributed by atoms with Gasteiger partial charge in [-0.1, -0.05) is 55.0 Å². The van der Waals surface area contributed by atoms with E-state index < -0.39 is 12.1 Å². The third-order valence-corrected chi connectivity index (χ3v) is 7.56. The summed E-state index contributed by atoms with van der Waals surface area (Å²) in [5.74, 6) is -0.817. The average molecular weight is 477 g/mol. The maximum absolute atomic E-state index is 13.3. The van der Waals surface area contributed by atoms with Crippen molar-refractivity contribution in [2.45, 2.75) is 50.5 Å². The van der Waals surface area contributed by atoms with Gasteiger partial charge in [0.2, 0.25) is 5.91 Å². The van der Waals surface area contributed by atoms with Gasteiger partial charge in [0.25, 0.3) is 0 Å². The van der Waals surface area contributed by atoms with E-state index in [1.54, 1.807) is 4.90 Å². The number of amides is 2. The van der Waals surface area contributed by atoms with E-state index in [0.717, 1.165) is 36.8 Å². The molecule has 0 spiro atoms. The number of rotatable bonds is 9. The quantitative estimate of drug-likeness (QED) is 0.559. The van der Waals surface area contributed by atoms with Gasteiger partial charge in [-0.15, -0.1) is 0 Å². The van der Waals surface area contributed by atoms with Crippen molar-refractivity contribution in [2.75, 3.05) is 19.7 Å². The highest BCUT2D eigenvalue weighted by atomic mass is 16.5. The third-order valence-electron chi connectivity index (χ3n) is 7.56. The molecular formula is C28H32N2O5. The zero-order chi connectivity index (χ0) is 24.4. The molecule has 3 aliphatic rings. The number of nitrogens with zero attached hydrogens (tertiary/aromatic N) is 1. The third kappa shape index (κ3) is 5.19. The lowest BCUT2D eigenvalue weighted by molar-refractivity contribution is -0.140. The Balaban J connectivity index is 1.20. The molecule has 7 nitrogen and oxygen atoms in total. The van der Waals surface area contributed by atoms with Crippen molar-refractivity contribution in [3.8, 4) is 11.1 Å². The van der Waals surface area contributed by atoms with E-state index in [-0.39, 0.29) is 43.4 Å². The summed E-state index contributed by atoms with van der Waals surface area (Å²) in [6, 6.07) is 16.1. The minimum atomic E-state index is -0.904. The first-order valence-electron chi connectivity index (χ1n) is 12.6. The molecule has 2 saturated carbocycles. The van der Waals surface area contributed by atoms with Crippen LogP contribution in [0.5, 0.6) is 0 Å². The van der Waals surface area contributed by atoms with Gasteiger partial charge < -0.3 is 20.1 Å². The summed E-state index contributed by atoms with van der Waals surface area (Å²) in [6.07, 6.45) is 3.87. The van der Waals surface area contributed by atoms with Crippen molar-refractivity contribution >= 4 is 18.0 Å². The van der Waals surface area contributed by atoms with E-state index in [1.165, 1.54) is 11.1 Å². The first-order valence-corrected chi connectivity index (χ1v) is 12.6. The van der Waals surface area contributed by atoms with E-state index in [1.807, 2.05) is 24.3 Å². The van der Waals surface area contributed by atoms with Crippen LogP contribution in [0, 0.1) is 11.8 Å². The molecule has 2 aromatic rings. The van der Waals surface area contributed by atoms with Gasteiger partial charge in [-0.2, -0.15) is 0 Å². The Morgan fingerprint density at radius 3 is 2.23 bits per heavy atom. The molecule has 0 radical (unpaired) electrons. The zero-order valence-electron chi connectivity index (χ0n) is 19.8. The predicted octanol–water partition coefficient (Wildman–Crippen LogP) is 4.41. The fourth-order valence-electron chi connectivity index (χ4n) is 5.59. The van der Waals surface area contributed by atoms with Crippen LogP contribution in [0.2, 0.25) is 0 Å². The topological polar surface area (TPSA) is 95.9 Å². The molecule has 2 N–H and O–H groups in total. The van der Waals surface area contributed by atoms with Crippen LogP contribution in [0.4, 0.5) is 4.79 Å². The molecule has 2 atom stereocenters. The minimum absolute atomic E-state index is 0.0146. The second-order valence-corrected chi connectivity index (χ2v) is 9.99. The molecule has 0 aliphatic heterocycles. The number of carboxylic acids is 1. The van der Waals surface area contributed by atoms with Crippen molar-refractivity contribution in [1.82, 2.24) is 10.2 Å². The van der Waals surface area contributed by atoms with Crippen LogP contribution < -0.4 is 5.32 Å². The van der Waals surface area contributed by atoms with Crippen LogP contribution in [-0.4, -0.2) is 53.7 Å². The number of carbonyl (C=O) groups is 3. The van der Waals surface area contributed by atoms with Crippen LogP contribution in [0.1, 0.15) is 55.6 Å². The lowest BCUT2D eigenvalue weighted by Crippen LogP contribution is -2.47. The van der Waals surface area contributed by atoms with E-state index in [9.17, 15) is 14.4 Å². The Bertz CT molecular complexity index is 1070. The standard InChI is InChI=1S/C28H32N2O5/c31-26(32)14-15-30(16-18-12-13-18)27(33)23-10-5-11-25(23)29-28(34)35-17-24-21-8-3-1-6-19(21)20-7-2-4-9-22(20)24/h1-4,6-9,18,23-25H,5,10-17H2,(H,29,34)(H,31,32). The molecule has 35 heavy (non-hydrogen) atoms. The number of carbonyl (C=O) groups excluding carboxylic acids is 2. The number of benzene rings is 2. The van der Waals surface area contributed by atoms with E-state index >= 15 is 0 Å². The highest BCUT2D eigenvalue weighted by Crippen LogP contribution is 2.44. The second kappa shape index (κ2) is 10.1. The van der Waals surface area contributed by atoms with Gasteiger partial charge in [0.15, 0.2) is 0 Å². The molecule has 0 heterocycles. The number of aliphatic carboxylic acids is 1. The molecular weight excluding hydrogens is 444 g/mol. The van der Waals surface area contributed by atoms with Crippen molar-refractivity contribution < 1.29 is 24.2 Å². The Labute approximate surface area is 205 Å². The number of nitrogens with one attached hydrogen (secondary N) is 1. The van der Waals surface area contributed by atoms with Gasteiger partial charge in [-0.05, 0) is 53.9 Å². The number of hydrogen-bond donors (Lipinski definition) is 2. The highest BCUT2D eigenvalue weighted by molar-refractivity contribution is 5.82. The summed E-state index contributed by atoms with van der Waals surface area (Å²) in [5, 5.41) is 12.0. The Hall–Kier alpha value is -3.35. The molecule has 0 saturated heterocycles. The fraction of sp³-hybridized carbons (Fsp3) is 0.464. The lowest BCUT2D eigenvalue weighted by atomic mass is 9.98. The van der Waals surface area contributed by atoms with Gasteiger partial charge in [0, 0.05) is 25.0 Å². The van der Waals surface area contributed by atoms with Crippen molar-refractivity contribution in [1.29, 1.82) is 0 Å².